The smallest absolute Gasteiger partial charge is 0.303 e. The Morgan fingerprint density at radius 2 is 2.29 bits per heavy atom. The van der Waals surface area contributed by atoms with E-state index in [1.165, 1.54) is 11.2 Å². The van der Waals surface area contributed by atoms with Gasteiger partial charge in [-0.2, -0.15) is 0 Å². The minimum atomic E-state index is -0.387. The molecule has 0 saturated heterocycles. The summed E-state index contributed by atoms with van der Waals surface area (Å²) in [6.45, 7) is 1.90. The van der Waals surface area contributed by atoms with Gasteiger partial charge in [-0.15, -0.1) is 0 Å². The lowest BCUT2D eigenvalue weighted by atomic mass is 10.2. The molecule has 2 amide bonds. The van der Waals surface area contributed by atoms with E-state index in [0.29, 0.717) is 10.7 Å². The summed E-state index contributed by atoms with van der Waals surface area (Å²) < 4.78 is 0. The molecule has 17 heavy (non-hydrogen) atoms. The lowest BCUT2D eigenvalue weighted by Gasteiger charge is -2.27. The Kier molecular flexibility index (Phi) is 3.31. The molecular formula is C11H13ClN4O. The molecule has 1 aromatic rings. The summed E-state index contributed by atoms with van der Waals surface area (Å²) in [4.78, 5) is 17.4. The fourth-order valence-electron chi connectivity index (χ4n) is 1.64. The Balaban J connectivity index is 2.38. The Bertz CT molecular complexity index is 454. The van der Waals surface area contributed by atoms with Gasteiger partial charge in [0.25, 0.3) is 0 Å². The van der Waals surface area contributed by atoms with E-state index < -0.39 is 0 Å². The number of anilines is 1. The summed E-state index contributed by atoms with van der Waals surface area (Å²) in [6, 6.07) is 5.23. The average molecular weight is 253 g/mol. The quantitative estimate of drug-likeness (QED) is 0.842. The second-order valence-electron chi connectivity index (χ2n) is 3.68. The predicted octanol–water partition coefficient (Wildman–Crippen LogP) is 1.71. The number of hydrogen-bond donors (Lipinski definition) is 2. The van der Waals surface area contributed by atoms with Crippen LogP contribution >= 0.6 is 11.6 Å². The summed E-state index contributed by atoms with van der Waals surface area (Å²) in [6.07, 6.45) is 1.09. The zero-order chi connectivity index (χ0) is 12.4. The highest BCUT2D eigenvalue weighted by molar-refractivity contribution is 6.35. The van der Waals surface area contributed by atoms with Gasteiger partial charge in [0.05, 0.1) is 10.7 Å². The molecule has 0 aromatic heterocycles. The van der Waals surface area contributed by atoms with Crippen LogP contribution < -0.4 is 15.5 Å². The number of hydrogen-bond acceptors (Lipinski definition) is 3. The highest BCUT2D eigenvalue weighted by Gasteiger charge is 2.24. The van der Waals surface area contributed by atoms with E-state index in [-0.39, 0.29) is 12.3 Å². The predicted molar refractivity (Wildman–Crippen MR) is 68.5 cm³/mol. The van der Waals surface area contributed by atoms with Crippen molar-refractivity contribution in [2.24, 2.45) is 4.99 Å². The van der Waals surface area contributed by atoms with Crippen molar-refractivity contribution in [3.05, 3.63) is 28.8 Å². The second kappa shape index (κ2) is 4.73. The Morgan fingerprint density at radius 1 is 1.53 bits per heavy atom. The van der Waals surface area contributed by atoms with Crippen LogP contribution in [0.1, 0.15) is 5.56 Å². The number of amides is 2. The van der Waals surface area contributed by atoms with E-state index >= 15 is 0 Å². The number of rotatable bonds is 2. The second-order valence-corrected chi connectivity index (χ2v) is 4.09. The average Bonchev–Trinajstić information content (AvgIpc) is 2.30. The van der Waals surface area contributed by atoms with Crippen LogP contribution in [-0.4, -0.2) is 25.7 Å². The molecule has 2 rings (SSSR count). The fourth-order valence-corrected chi connectivity index (χ4v) is 1.96. The van der Waals surface area contributed by atoms with Gasteiger partial charge in [-0.25, -0.2) is 9.79 Å². The number of urea groups is 1. The molecule has 2 N–H and O–H groups in total. The maximum absolute atomic E-state index is 11.9. The third-order valence-corrected chi connectivity index (χ3v) is 2.82. The Hall–Kier alpha value is -1.59. The number of nitrogens with one attached hydrogen (secondary N) is 2. The van der Waals surface area contributed by atoms with E-state index in [1.807, 2.05) is 19.1 Å². The van der Waals surface area contributed by atoms with Crippen molar-refractivity contribution in [3.8, 4) is 0 Å². The number of nitrogens with zero attached hydrogens (tertiary/aromatic N) is 2. The summed E-state index contributed by atoms with van der Waals surface area (Å²) >= 11 is 6.10. The Morgan fingerprint density at radius 3 is 2.88 bits per heavy atom. The molecule has 5 nitrogen and oxygen atoms in total. The number of para-hydroxylation sites is 1. The zero-order valence-electron chi connectivity index (χ0n) is 9.57. The fraction of sp³-hybridized carbons (Fsp3) is 0.273. The molecule has 0 fully saturated rings. The third kappa shape index (κ3) is 2.25. The summed E-state index contributed by atoms with van der Waals surface area (Å²) in [5.74, 6) is 0. The van der Waals surface area contributed by atoms with Crippen molar-refractivity contribution >= 4 is 29.7 Å². The molecule has 1 heterocycles. The van der Waals surface area contributed by atoms with Gasteiger partial charge in [-0.1, -0.05) is 23.7 Å². The molecular weight excluding hydrogens is 240 g/mol. The first kappa shape index (κ1) is 11.9. The van der Waals surface area contributed by atoms with Gasteiger partial charge in [0.15, 0.2) is 6.29 Å². The molecule has 1 aromatic carbocycles. The normalized spacial score (nSPS) is 19.4. The van der Waals surface area contributed by atoms with Crippen molar-refractivity contribution in [2.75, 3.05) is 11.9 Å². The Labute approximate surface area is 104 Å². The lowest BCUT2D eigenvalue weighted by Crippen LogP contribution is -2.53. The first-order chi connectivity index (χ1) is 8.13. The van der Waals surface area contributed by atoms with Crippen molar-refractivity contribution in [1.29, 1.82) is 0 Å². The highest BCUT2D eigenvalue weighted by atomic mass is 35.5. The van der Waals surface area contributed by atoms with Gasteiger partial charge < -0.3 is 5.32 Å². The van der Waals surface area contributed by atoms with Crippen LogP contribution in [0.4, 0.5) is 10.5 Å². The molecule has 6 heteroatoms. The first-order valence-corrected chi connectivity index (χ1v) is 5.56. The van der Waals surface area contributed by atoms with Crippen molar-refractivity contribution in [2.45, 2.75) is 13.2 Å². The number of halogens is 1. The van der Waals surface area contributed by atoms with Crippen LogP contribution in [-0.2, 0) is 0 Å². The van der Waals surface area contributed by atoms with E-state index in [1.54, 1.807) is 13.1 Å². The topological polar surface area (TPSA) is 56.7 Å². The van der Waals surface area contributed by atoms with E-state index in [2.05, 4.69) is 15.6 Å². The third-order valence-electron chi connectivity index (χ3n) is 2.51. The van der Waals surface area contributed by atoms with E-state index in [4.69, 9.17) is 11.6 Å². The van der Waals surface area contributed by atoms with Crippen molar-refractivity contribution in [3.63, 3.8) is 0 Å². The van der Waals surface area contributed by atoms with E-state index in [0.717, 1.165) is 5.56 Å². The number of benzene rings is 1. The highest BCUT2D eigenvalue weighted by Crippen LogP contribution is 2.29. The maximum Gasteiger partial charge on any atom is 0.329 e. The maximum atomic E-state index is 11.9. The molecule has 0 radical (unpaired) electrons. The minimum absolute atomic E-state index is 0.254. The number of aryl methyl sites for hydroxylation is 1. The van der Waals surface area contributed by atoms with Gasteiger partial charge >= 0.3 is 6.03 Å². The molecule has 0 aliphatic carbocycles. The lowest BCUT2D eigenvalue weighted by molar-refractivity contribution is 0.242. The monoisotopic (exact) mass is 252 g/mol. The van der Waals surface area contributed by atoms with Crippen LogP contribution in [0.5, 0.6) is 0 Å². The van der Waals surface area contributed by atoms with Gasteiger partial charge in [0, 0.05) is 0 Å². The molecule has 1 atom stereocenters. The molecule has 90 valence electrons. The SMILES string of the molecule is CNC1N=CN(c2c(C)cccc2Cl)C(=O)N1. The molecule has 1 unspecified atom stereocenters. The summed E-state index contributed by atoms with van der Waals surface area (Å²) in [7, 11) is 1.72. The standard InChI is InChI=1S/C11H13ClN4O/c1-7-4-3-5-8(12)9(7)16-6-14-10(13-2)15-11(16)17/h3-6,10,13H,1-2H3,(H,15,17). The van der Waals surface area contributed by atoms with Crippen LogP contribution in [0.15, 0.2) is 23.2 Å². The molecule has 0 saturated carbocycles. The minimum Gasteiger partial charge on any atom is -0.303 e. The van der Waals surface area contributed by atoms with Gasteiger partial charge in [0.1, 0.15) is 6.34 Å². The van der Waals surface area contributed by atoms with Crippen LogP contribution in [0.3, 0.4) is 0 Å². The van der Waals surface area contributed by atoms with Gasteiger partial charge in [-0.3, -0.25) is 10.2 Å². The molecule has 1 aliphatic rings. The first-order valence-electron chi connectivity index (χ1n) is 5.19. The van der Waals surface area contributed by atoms with Gasteiger partial charge in [0.2, 0.25) is 0 Å². The zero-order valence-corrected chi connectivity index (χ0v) is 10.3. The number of carbonyl (C=O) groups excluding carboxylic acids is 1. The summed E-state index contributed by atoms with van der Waals surface area (Å²) in [5.41, 5.74) is 1.58. The van der Waals surface area contributed by atoms with Crippen LogP contribution in [0.25, 0.3) is 0 Å². The molecule has 0 spiro atoms. The van der Waals surface area contributed by atoms with Crippen molar-refractivity contribution < 1.29 is 4.79 Å². The molecule has 1 aliphatic heterocycles. The number of aliphatic imine (C=N–C) groups is 1. The van der Waals surface area contributed by atoms with Crippen LogP contribution in [0.2, 0.25) is 5.02 Å². The van der Waals surface area contributed by atoms with Crippen LogP contribution in [0, 0.1) is 6.92 Å². The van der Waals surface area contributed by atoms with Crippen molar-refractivity contribution in [1.82, 2.24) is 10.6 Å². The summed E-state index contributed by atoms with van der Waals surface area (Å²) in [5, 5.41) is 6.06. The molecule has 0 bridgehead atoms. The number of carbonyl (C=O) groups is 1. The largest absolute Gasteiger partial charge is 0.329 e. The van der Waals surface area contributed by atoms with Gasteiger partial charge in [-0.05, 0) is 25.6 Å². The van der Waals surface area contributed by atoms with E-state index in [9.17, 15) is 4.79 Å².